The van der Waals surface area contributed by atoms with Gasteiger partial charge in [0, 0.05) is 25.2 Å². The lowest BCUT2D eigenvalue weighted by atomic mass is 9.99. The van der Waals surface area contributed by atoms with E-state index in [0.717, 1.165) is 68.3 Å². The summed E-state index contributed by atoms with van der Waals surface area (Å²) in [6, 6.07) is 14.4. The predicted molar refractivity (Wildman–Crippen MR) is 123 cm³/mol. The number of nitrogens with zero attached hydrogens (tertiary/aromatic N) is 2. The van der Waals surface area contributed by atoms with Gasteiger partial charge >= 0.3 is 0 Å². The van der Waals surface area contributed by atoms with Crippen LogP contribution in [-0.4, -0.2) is 36.4 Å². The highest BCUT2D eigenvalue weighted by atomic mass is 16.7. The van der Waals surface area contributed by atoms with Crippen molar-refractivity contribution in [2.75, 3.05) is 32.2 Å². The van der Waals surface area contributed by atoms with Gasteiger partial charge in [-0.15, -0.1) is 0 Å². The van der Waals surface area contributed by atoms with Gasteiger partial charge in [-0.1, -0.05) is 6.07 Å². The molecule has 164 valence electrons. The van der Waals surface area contributed by atoms with E-state index in [1.165, 1.54) is 27.8 Å². The van der Waals surface area contributed by atoms with Crippen LogP contribution in [0.25, 0.3) is 11.3 Å². The molecule has 32 heavy (non-hydrogen) atoms. The number of nitrogen functional groups attached to an aromatic ring is 1. The van der Waals surface area contributed by atoms with E-state index < -0.39 is 0 Å². The highest BCUT2D eigenvalue weighted by molar-refractivity contribution is 5.69. The maximum absolute atomic E-state index is 6.30. The number of nitrogens with two attached hydrogens (primary N) is 1. The van der Waals surface area contributed by atoms with E-state index in [2.05, 4.69) is 34.1 Å². The number of aromatic nitrogens is 1. The second-order valence-corrected chi connectivity index (χ2v) is 8.72. The number of benzene rings is 2. The van der Waals surface area contributed by atoms with Crippen molar-refractivity contribution in [3.05, 3.63) is 64.7 Å². The Bertz CT molecular complexity index is 1180. The molecule has 6 rings (SSSR count). The summed E-state index contributed by atoms with van der Waals surface area (Å²) in [5.74, 6) is 3.33. The molecular weight excluding hydrogens is 402 g/mol. The van der Waals surface area contributed by atoms with Crippen molar-refractivity contribution < 1.29 is 14.2 Å². The van der Waals surface area contributed by atoms with Crippen LogP contribution in [0.5, 0.6) is 17.2 Å². The molecule has 0 atom stereocenters. The maximum atomic E-state index is 6.30. The lowest BCUT2D eigenvalue weighted by Crippen LogP contribution is -2.33. The van der Waals surface area contributed by atoms with Crippen LogP contribution in [0.3, 0.4) is 0 Å². The Balaban J connectivity index is 1.13. The second-order valence-electron chi connectivity index (χ2n) is 8.72. The van der Waals surface area contributed by atoms with Gasteiger partial charge in [0.2, 0.25) is 6.79 Å². The molecule has 0 saturated heterocycles. The average Bonchev–Trinajstić information content (AvgIpc) is 3.47. The normalized spacial score (nSPS) is 16.6. The summed E-state index contributed by atoms with van der Waals surface area (Å²) in [6.07, 6.45) is 4.32. The first kappa shape index (κ1) is 19.4. The molecule has 3 heterocycles. The second kappa shape index (κ2) is 8.02. The number of anilines is 1. The highest BCUT2D eigenvalue weighted by Crippen LogP contribution is 2.38. The van der Waals surface area contributed by atoms with E-state index >= 15 is 0 Å². The summed E-state index contributed by atoms with van der Waals surface area (Å²) >= 11 is 0. The van der Waals surface area contributed by atoms with Gasteiger partial charge < -0.3 is 19.9 Å². The number of ether oxygens (including phenoxy) is 3. The minimum Gasteiger partial charge on any atom is -0.492 e. The van der Waals surface area contributed by atoms with Gasteiger partial charge in [-0.25, -0.2) is 4.98 Å². The van der Waals surface area contributed by atoms with E-state index in [1.54, 1.807) is 0 Å². The molecular formula is C26H27N3O3. The molecule has 3 aromatic rings. The Morgan fingerprint density at radius 1 is 0.969 bits per heavy atom. The van der Waals surface area contributed by atoms with Crippen molar-refractivity contribution in [1.29, 1.82) is 0 Å². The monoisotopic (exact) mass is 429 g/mol. The third-order valence-electron chi connectivity index (χ3n) is 6.74. The topological polar surface area (TPSA) is 69.8 Å². The molecule has 0 spiro atoms. The Morgan fingerprint density at radius 3 is 2.69 bits per heavy atom. The van der Waals surface area contributed by atoms with Crippen molar-refractivity contribution in [1.82, 2.24) is 9.88 Å². The van der Waals surface area contributed by atoms with E-state index in [4.69, 9.17) is 19.9 Å². The molecule has 0 unspecified atom stereocenters. The quantitative estimate of drug-likeness (QED) is 0.662. The Morgan fingerprint density at radius 2 is 1.81 bits per heavy atom. The smallest absolute Gasteiger partial charge is 0.231 e. The zero-order valence-corrected chi connectivity index (χ0v) is 18.1. The van der Waals surface area contributed by atoms with Crippen LogP contribution >= 0.6 is 0 Å². The summed E-state index contributed by atoms with van der Waals surface area (Å²) in [4.78, 5) is 6.98. The lowest BCUT2D eigenvalue weighted by molar-refractivity contribution is 0.174. The molecule has 0 amide bonds. The summed E-state index contributed by atoms with van der Waals surface area (Å²) in [5.41, 5.74) is 13.4. The Labute approximate surface area is 187 Å². The summed E-state index contributed by atoms with van der Waals surface area (Å²) < 4.78 is 17.4. The van der Waals surface area contributed by atoms with Crippen molar-refractivity contribution in [2.24, 2.45) is 0 Å². The number of hydrogen-bond donors (Lipinski definition) is 1. The van der Waals surface area contributed by atoms with Gasteiger partial charge in [-0.05, 0) is 84.3 Å². The molecule has 2 aliphatic heterocycles. The van der Waals surface area contributed by atoms with Gasteiger partial charge in [-0.3, -0.25) is 4.90 Å². The first-order chi connectivity index (χ1) is 15.7. The molecule has 1 aliphatic carbocycles. The van der Waals surface area contributed by atoms with Gasteiger partial charge in [-0.2, -0.15) is 0 Å². The number of pyridine rings is 1. The summed E-state index contributed by atoms with van der Waals surface area (Å²) in [6.45, 7) is 3.87. The van der Waals surface area contributed by atoms with Crippen molar-refractivity contribution >= 4 is 5.82 Å². The zero-order chi connectivity index (χ0) is 21.5. The van der Waals surface area contributed by atoms with Crippen molar-refractivity contribution in [2.45, 2.75) is 32.2 Å². The van der Waals surface area contributed by atoms with E-state index in [1.807, 2.05) is 18.2 Å². The molecule has 0 fully saturated rings. The van der Waals surface area contributed by atoms with E-state index in [9.17, 15) is 0 Å². The maximum Gasteiger partial charge on any atom is 0.231 e. The van der Waals surface area contributed by atoms with Gasteiger partial charge in [0.25, 0.3) is 0 Å². The Hall–Kier alpha value is -3.25. The number of hydrogen-bond acceptors (Lipinski definition) is 6. The van der Waals surface area contributed by atoms with Crippen LogP contribution in [-0.2, 0) is 25.8 Å². The zero-order valence-electron chi connectivity index (χ0n) is 18.1. The fourth-order valence-electron chi connectivity index (χ4n) is 5.13. The van der Waals surface area contributed by atoms with Crippen LogP contribution < -0.4 is 19.9 Å². The first-order valence-electron chi connectivity index (χ1n) is 11.4. The fourth-order valence-corrected chi connectivity index (χ4v) is 5.13. The number of rotatable bonds is 5. The van der Waals surface area contributed by atoms with Crippen LogP contribution in [0.4, 0.5) is 5.82 Å². The van der Waals surface area contributed by atoms with Crippen LogP contribution in [0, 0.1) is 0 Å². The average molecular weight is 430 g/mol. The van der Waals surface area contributed by atoms with Crippen LogP contribution in [0.2, 0.25) is 0 Å². The van der Waals surface area contributed by atoms with Crippen molar-refractivity contribution in [3.8, 4) is 28.5 Å². The van der Waals surface area contributed by atoms with Crippen molar-refractivity contribution in [3.63, 3.8) is 0 Å². The van der Waals surface area contributed by atoms with Crippen LogP contribution in [0.15, 0.2) is 42.5 Å². The molecule has 0 radical (unpaired) electrons. The Kier molecular flexibility index (Phi) is 4.87. The molecule has 2 N–H and O–H groups in total. The van der Waals surface area contributed by atoms with Gasteiger partial charge in [0.15, 0.2) is 11.5 Å². The molecule has 3 aliphatic rings. The highest BCUT2D eigenvalue weighted by Gasteiger charge is 2.23. The summed E-state index contributed by atoms with van der Waals surface area (Å²) in [7, 11) is 0. The lowest BCUT2D eigenvalue weighted by Gasteiger charge is -2.29. The molecule has 2 aromatic carbocycles. The molecule has 1 aromatic heterocycles. The SMILES string of the molecule is Nc1cccc(-c2ccc(OCCN3CCc4cc5c(cc4C3)OCO5)c3c2CCC3)n1. The standard InChI is InChI=1S/C26H27N3O3/c27-26-6-2-5-22(28-26)20-7-8-23(21-4-1-3-19(20)21)30-12-11-29-10-9-17-13-24-25(32-16-31-24)14-18(17)15-29/h2,5-8,13-14H,1,3-4,9-12,15-16H2,(H2,27,28). The molecule has 6 nitrogen and oxygen atoms in total. The van der Waals surface area contributed by atoms with Crippen LogP contribution in [0.1, 0.15) is 28.7 Å². The fraction of sp³-hybridized carbons (Fsp3) is 0.346. The third kappa shape index (κ3) is 3.54. The van der Waals surface area contributed by atoms with E-state index in [-0.39, 0.29) is 0 Å². The summed E-state index contributed by atoms with van der Waals surface area (Å²) in [5, 5.41) is 0. The largest absolute Gasteiger partial charge is 0.492 e. The van der Waals surface area contributed by atoms with Gasteiger partial charge in [0.1, 0.15) is 18.2 Å². The molecule has 0 saturated carbocycles. The van der Waals surface area contributed by atoms with Gasteiger partial charge in [0.05, 0.1) is 5.69 Å². The molecule has 0 bridgehead atoms. The van der Waals surface area contributed by atoms with E-state index in [0.29, 0.717) is 19.2 Å². The minimum absolute atomic E-state index is 0.326. The minimum atomic E-state index is 0.326. The number of fused-ring (bicyclic) bond motifs is 3. The third-order valence-corrected chi connectivity index (χ3v) is 6.74. The predicted octanol–water partition coefficient (Wildman–Crippen LogP) is 3.99. The molecule has 6 heteroatoms. The first-order valence-corrected chi connectivity index (χ1v) is 11.4.